The van der Waals surface area contributed by atoms with Crippen LogP contribution < -0.4 is 14.4 Å². The average molecular weight is 518 g/mol. The fourth-order valence-corrected chi connectivity index (χ4v) is 4.35. The van der Waals surface area contributed by atoms with E-state index in [2.05, 4.69) is 0 Å². The standard InChI is InChI=1S/C29H27NO8/c1-16(2)38-29(35)18-7-5-8-19(15-18)30-25(17-11-13-20(31)14-12-17)24(27(33)28(30)34)26(32)23-21(36-3)9-6-10-22(23)37-4/h5-16,25,31-32H,1-4H3/b26-24+. The van der Waals surface area contributed by atoms with Crippen molar-refractivity contribution in [3.05, 3.63) is 89.0 Å². The van der Waals surface area contributed by atoms with Gasteiger partial charge in [0, 0.05) is 5.69 Å². The summed E-state index contributed by atoms with van der Waals surface area (Å²) in [6.07, 6.45) is -0.354. The van der Waals surface area contributed by atoms with Crippen LogP contribution >= 0.6 is 0 Å². The predicted octanol–water partition coefficient (Wildman–Crippen LogP) is 4.60. The number of hydrogen-bond acceptors (Lipinski definition) is 8. The molecular formula is C29H27NO8. The molecule has 196 valence electrons. The predicted molar refractivity (Wildman–Crippen MR) is 139 cm³/mol. The quantitative estimate of drug-likeness (QED) is 0.202. The van der Waals surface area contributed by atoms with Crippen molar-refractivity contribution in [3.8, 4) is 17.2 Å². The molecule has 3 aromatic rings. The molecule has 1 heterocycles. The van der Waals surface area contributed by atoms with Gasteiger partial charge in [-0.25, -0.2) is 4.79 Å². The van der Waals surface area contributed by atoms with Crippen LogP contribution in [0.5, 0.6) is 17.2 Å². The van der Waals surface area contributed by atoms with Crippen LogP contribution in [-0.4, -0.2) is 48.2 Å². The van der Waals surface area contributed by atoms with Gasteiger partial charge in [0.2, 0.25) is 0 Å². The molecule has 1 atom stereocenters. The number of anilines is 1. The van der Waals surface area contributed by atoms with E-state index in [0.29, 0.717) is 5.56 Å². The molecule has 0 spiro atoms. The number of esters is 1. The summed E-state index contributed by atoms with van der Waals surface area (Å²) in [6, 6.07) is 15.8. The maximum absolute atomic E-state index is 13.5. The number of benzene rings is 3. The van der Waals surface area contributed by atoms with Gasteiger partial charge < -0.3 is 24.4 Å². The van der Waals surface area contributed by atoms with Gasteiger partial charge in [-0.15, -0.1) is 0 Å². The molecule has 0 radical (unpaired) electrons. The number of aliphatic hydroxyl groups is 1. The number of Topliss-reactive ketones (excluding diaryl/α,β-unsaturated/α-hetero) is 1. The van der Waals surface area contributed by atoms with Crippen molar-refractivity contribution in [2.45, 2.75) is 26.0 Å². The number of carbonyl (C=O) groups is 3. The Bertz CT molecular complexity index is 1400. The van der Waals surface area contributed by atoms with E-state index >= 15 is 0 Å². The highest BCUT2D eigenvalue weighted by Crippen LogP contribution is 2.45. The van der Waals surface area contributed by atoms with E-state index in [4.69, 9.17) is 14.2 Å². The van der Waals surface area contributed by atoms with Gasteiger partial charge in [-0.05, 0) is 61.9 Å². The summed E-state index contributed by atoms with van der Waals surface area (Å²) in [5.74, 6) is -2.48. The fourth-order valence-electron chi connectivity index (χ4n) is 4.35. The Kier molecular flexibility index (Phi) is 7.38. The van der Waals surface area contributed by atoms with Gasteiger partial charge in [-0.3, -0.25) is 14.5 Å². The third-order valence-electron chi connectivity index (χ3n) is 6.02. The number of nitrogens with zero attached hydrogens (tertiary/aromatic N) is 1. The first kappa shape index (κ1) is 26.3. The first-order valence-electron chi connectivity index (χ1n) is 11.8. The van der Waals surface area contributed by atoms with E-state index in [0.717, 1.165) is 0 Å². The van der Waals surface area contributed by atoms with Gasteiger partial charge in [0.15, 0.2) is 0 Å². The highest BCUT2D eigenvalue weighted by atomic mass is 16.5. The van der Waals surface area contributed by atoms with Gasteiger partial charge in [0.1, 0.15) is 28.6 Å². The van der Waals surface area contributed by atoms with Crippen molar-refractivity contribution >= 4 is 29.1 Å². The molecule has 0 aromatic heterocycles. The Morgan fingerprint density at radius 3 is 2.11 bits per heavy atom. The Morgan fingerprint density at radius 1 is 0.921 bits per heavy atom. The number of phenolic OH excluding ortho intramolecular Hbond substituents is 1. The lowest BCUT2D eigenvalue weighted by Gasteiger charge is -2.26. The van der Waals surface area contributed by atoms with Crippen LogP contribution in [0.2, 0.25) is 0 Å². The van der Waals surface area contributed by atoms with E-state index in [1.165, 1.54) is 37.3 Å². The zero-order chi connectivity index (χ0) is 27.6. The van der Waals surface area contributed by atoms with E-state index in [9.17, 15) is 24.6 Å². The first-order chi connectivity index (χ1) is 18.2. The molecule has 1 unspecified atom stereocenters. The molecular weight excluding hydrogens is 490 g/mol. The fraction of sp³-hybridized carbons (Fsp3) is 0.207. The van der Waals surface area contributed by atoms with E-state index in [1.54, 1.807) is 62.4 Å². The molecule has 9 heteroatoms. The molecule has 0 saturated carbocycles. The molecule has 1 saturated heterocycles. The summed E-state index contributed by atoms with van der Waals surface area (Å²) in [5, 5.41) is 21.4. The summed E-state index contributed by atoms with van der Waals surface area (Å²) >= 11 is 0. The SMILES string of the molecule is COc1cccc(OC)c1/C(O)=C1\C(=O)C(=O)N(c2cccc(C(=O)OC(C)C)c2)C1c1ccc(O)cc1. The van der Waals surface area contributed by atoms with Crippen LogP contribution in [0, 0.1) is 0 Å². The molecule has 0 aliphatic carbocycles. The smallest absolute Gasteiger partial charge is 0.338 e. The average Bonchev–Trinajstić information content (AvgIpc) is 3.17. The normalized spacial score (nSPS) is 16.6. The summed E-state index contributed by atoms with van der Waals surface area (Å²) < 4.78 is 16.1. The largest absolute Gasteiger partial charge is 0.508 e. The molecule has 1 amide bonds. The number of carbonyl (C=O) groups excluding carboxylic acids is 3. The molecule has 0 bridgehead atoms. The monoisotopic (exact) mass is 517 g/mol. The molecule has 2 N–H and O–H groups in total. The van der Waals surface area contributed by atoms with Crippen molar-refractivity contribution in [2.75, 3.05) is 19.1 Å². The molecule has 4 rings (SSSR count). The van der Waals surface area contributed by atoms with Gasteiger partial charge in [-0.1, -0.05) is 24.3 Å². The lowest BCUT2D eigenvalue weighted by Crippen LogP contribution is -2.29. The molecule has 1 fully saturated rings. The summed E-state index contributed by atoms with van der Waals surface area (Å²) in [6.45, 7) is 3.44. The minimum Gasteiger partial charge on any atom is -0.508 e. The third-order valence-corrected chi connectivity index (χ3v) is 6.02. The first-order valence-corrected chi connectivity index (χ1v) is 11.8. The summed E-state index contributed by atoms with van der Waals surface area (Å²) in [4.78, 5) is 40.7. The highest BCUT2D eigenvalue weighted by Gasteiger charge is 2.47. The topological polar surface area (TPSA) is 123 Å². The van der Waals surface area contributed by atoms with E-state index in [-0.39, 0.29) is 45.7 Å². The Labute approximate surface area is 219 Å². The van der Waals surface area contributed by atoms with Crippen LogP contribution in [0.25, 0.3) is 5.76 Å². The Morgan fingerprint density at radius 2 is 1.53 bits per heavy atom. The number of aliphatic hydroxyl groups excluding tert-OH is 1. The van der Waals surface area contributed by atoms with Crippen LogP contribution in [0.4, 0.5) is 5.69 Å². The maximum Gasteiger partial charge on any atom is 0.338 e. The van der Waals surface area contributed by atoms with Crippen molar-refractivity contribution in [3.63, 3.8) is 0 Å². The number of amides is 1. The number of ether oxygens (including phenoxy) is 3. The number of phenols is 1. The molecule has 1 aliphatic heterocycles. The second-order valence-corrected chi connectivity index (χ2v) is 8.80. The Balaban J connectivity index is 1.95. The third kappa shape index (κ3) is 4.78. The zero-order valence-electron chi connectivity index (χ0n) is 21.3. The van der Waals surface area contributed by atoms with Crippen molar-refractivity contribution in [1.82, 2.24) is 0 Å². The van der Waals surface area contributed by atoms with Gasteiger partial charge >= 0.3 is 5.97 Å². The second-order valence-electron chi connectivity index (χ2n) is 8.80. The van der Waals surface area contributed by atoms with Crippen molar-refractivity contribution < 1.29 is 38.8 Å². The molecule has 1 aliphatic rings. The van der Waals surface area contributed by atoms with Crippen molar-refractivity contribution in [2.24, 2.45) is 0 Å². The number of aromatic hydroxyl groups is 1. The second kappa shape index (κ2) is 10.7. The summed E-state index contributed by atoms with van der Waals surface area (Å²) in [5.41, 5.74) is 0.767. The van der Waals surface area contributed by atoms with Crippen molar-refractivity contribution in [1.29, 1.82) is 0 Å². The molecule has 38 heavy (non-hydrogen) atoms. The van der Waals surface area contributed by atoms with Crippen LogP contribution in [0.3, 0.4) is 0 Å². The lowest BCUT2D eigenvalue weighted by atomic mass is 9.94. The van der Waals surface area contributed by atoms with Crippen LogP contribution in [-0.2, 0) is 14.3 Å². The minimum absolute atomic E-state index is 0.0180. The van der Waals surface area contributed by atoms with E-state index in [1.807, 2.05) is 0 Å². The maximum atomic E-state index is 13.5. The zero-order valence-corrected chi connectivity index (χ0v) is 21.3. The van der Waals surface area contributed by atoms with Crippen LogP contribution in [0.15, 0.2) is 72.3 Å². The number of hydrogen-bond donors (Lipinski definition) is 2. The number of methoxy groups -OCH3 is 2. The Hall–Kier alpha value is -4.79. The van der Waals surface area contributed by atoms with Gasteiger partial charge in [-0.2, -0.15) is 0 Å². The lowest BCUT2D eigenvalue weighted by molar-refractivity contribution is -0.132. The molecule has 3 aromatic carbocycles. The number of ketones is 1. The van der Waals surface area contributed by atoms with Crippen LogP contribution in [0.1, 0.15) is 41.4 Å². The van der Waals surface area contributed by atoms with Gasteiger partial charge in [0.05, 0.1) is 37.5 Å². The minimum atomic E-state index is -1.10. The highest BCUT2D eigenvalue weighted by molar-refractivity contribution is 6.51. The summed E-state index contributed by atoms with van der Waals surface area (Å²) in [7, 11) is 2.81. The number of rotatable bonds is 7. The van der Waals surface area contributed by atoms with Gasteiger partial charge in [0.25, 0.3) is 11.7 Å². The molecule has 9 nitrogen and oxygen atoms in total. The van der Waals surface area contributed by atoms with E-state index < -0.39 is 29.5 Å².